The van der Waals surface area contributed by atoms with Crippen molar-refractivity contribution in [2.45, 2.75) is 84.4 Å². The van der Waals surface area contributed by atoms with Crippen LogP contribution in [0.4, 0.5) is 16.4 Å². The first-order valence-electron chi connectivity index (χ1n) is 17.1. The number of ether oxygens (including phenoxy) is 1. The maximum absolute atomic E-state index is 13.5. The molecule has 3 amide bonds. The van der Waals surface area contributed by atoms with Gasteiger partial charge in [-0.15, -0.1) is 10.2 Å². The Kier molecular flexibility index (Phi) is 10.5. The number of pyridine rings is 2. The Morgan fingerprint density at radius 2 is 1.67 bits per heavy atom. The summed E-state index contributed by atoms with van der Waals surface area (Å²) in [7, 11) is 3.96. The first kappa shape index (κ1) is 35.6. The molecule has 0 radical (unpaired) electrons. The number of urea groups is 1. The van der Waals surface area contributed by atoms with Crippen LogP contribution in [0.15, 0.2) is 54.7 Å². The predicted molar refractivity (Wildman–Crippen MR) is 194 cm³/mol. The van der Waals surface area contributed by atoms with E-state index >= 15 is 0 Å². The fourth-order valence-corrected chi connectivity index (χ4v) is 5.81. The Morgan fingerprint density at radius 3 is 2.35 bits per heavy atom. The number of fused-ring (bicyclic) bond motifs is 2. The van der Waals surface area contributed by atoms with Gasteiger partial charge in [-0.25, -0.2) is 9.78 Å². The Morgan fingerprint density at radius 1 is 0.959 bits per heavy atom. The molecule has 12 heteroatoms. The van der Waals surface area contributed by atoms with Gasteiger partial charge in [-0.3, -0.25) is 9.20 Å². The number of nitrogens with one attached hydrogen (secondary N) is 3. The largest absolute Gasteiger partial charge is 0.484 e. The highest BCUT2D eigenvalue weighted by Gasteiger charge is 2.30. The number of nitrogens with zero attached hydrogens (tertiary/aromatic N) is 6. The number of hydrogen-bond acceptors (Lipinski definition) is 8. The number of carbonyl (C=O) groups is 2. The van der Waals surface area contributed by atoms with Gasteiger partial charge in [0.2, 0.25) is 5.95 Å². The molecule has 12 nitrogen and oxygen atoms in total. The van der Waals surface area contributed by atoms with Gasteiger partial charge in [-0.05, 0) is 90.0 Å². The summed E-state index contributed by atoms with van der Waals surface area (Å²) in [5.41, 5.74) is 3.70. The molecule has 0 saturated carbocycles. The number of hydrogen-bond donors (Lipinski definition) is 3. The van der Waals surface area contributed by atoms with Gasteiger partial charge in [-0.1, -0.05) is 45.0 Å². The lowest BCUT2D eigenvalue weighted by Crippen LogP contribution is -2.48. The summed E-state index contributed by atoms with van der Waals surface area (Å²) in [5.74, 6) is 1.22. The summed E-state index contributed by atoms with van der Waals surface area (Å²) in [6.45, 7) is 16.5. The summed E-state index contributed by atoms with van der Waals surface area (Å²) in [6.07, 6.45) is 3.16. The van der Waals surface area contributed by atoms with E-state index in [-0.39, 0.29) is 40.7 Å². The lowest BCUT2D eigenvalue weighted by Gasteiger charge is -2.32. The van der Waals surface area contributed by atoms with Crippen LogP contribution in [-0.4, -0.2) is 75.7 Å². The molecular weight excluding hydrogens is 618 g/mol. The molecule has 1 aromatic carbocycles. The topological polar surface area (TPSA) is 129 Å². The number of benzene rings is 1. The number of rotatable bonds is 11. The number of carbonyl (C=O) groups excluding carboxylic acids is 2. The van der Waals surface area contributed by atoms with Crippen LogP contribution in [0.3, 0.4) is 0 Å². The van der Waals surface area contributed by atoms with Crippen LogP contribution < -0.4 is 25.6 Å². The van der Waals surface area contributed by atoms with Crippen molar-refractivity contribution in [2.75, 3.05) is 43.9 Å². The van der Waals surface area contributed by atoms with Crippen LogP contribution in [0.25, 0.3) is 5.65 Å². The molecule has 2 atom stereocenters. The van der Waals surface area contributed by atoms with Crippen molar-refractivity contribution < 1.29 is 14.3 Å². The number of aromatic nitrogens is 4. The van der Waals surface area contributed by atoms with Gasteiger partial charge in [0.1, 0.15) is 17.5 Å². The molecule has 262 valence electrons. The molecule has 49 heavy (non-hydrogen) atoms. The zero-order valence-corrected chi connectivity index (χ0v) is 30.3. The zero-order valence-electron chi connectivity index (χ0n) is 30.3. The van der Waals surface area contributed by atoms with Crippen molar-refractivity contribution in [3.05, 3.63) is 77.2 Å². The molecule has 1 aliphatic carbocycles. The minimum absolute atomic E-state index is 0.184. The third-order valence-corrected chi connectivity index (χ3v) is 9.40. The molecule has 0 unspecified atom stereocenters. The Hall–Kier alpha value is -4.71. The van der Waals surface area contributed by atoms with E-state index < -0.39 is 0 Å². The van der Waals surface area contributed by atoms with E-state index in [2.05, 4.69) is 74.7 Å². The first-order chi connectivity index (χ1) is 23.2. The Labute approximate surface area is 289 Å². The van der Waals surface area contributed by atoms with Gasteiger partial charge in [0.05, 0.1) is 12.2 Å². The van der Waals surface area contributed by atoms with Crippen molar-refractivity contribution in [1.29, 1.82) is 0 Å². The zero-order chi connectivity index (χ0) is 35.5. The van der Waals surface area contributed by atoms with E-state index in [1.54, 1.807) is 6.07 Å². The summed E-state index contributed by atoms with van der Waals surface area (Å²) in [4.78, 5) is 35.6. The van der Waals surface area contributed by atoms with E-state index in [1.807, 2.05) is 81.9 Å². The molecule has 1 aliphatic rings. The van der Waals surface area contributed by atoms with Crippen LogP contribution in [0.1, 0.15) is 101 Å². The van der Waals surface area contributed by atoms with Gasteiger partial charge in [0, 0.05) is 42.0 Å². The Bertz CT molecular complexity index is 1790. The second-order valence-corrected chi connectivity index (χ2v) is 14.5. The van der Waals surface area contributed by atoms with Gasteiger partial charge >= 0.3 is 6.03 Å². The van der Waals surface area contributed by atoms with Crippen molar-refractivity contribution in [2.24, 2.45) is 0 Å². The monoisotopic (exact) mass is 669 g/mol. The second-order valence-electron chi connectivity index (χ2n) is 14.5. The van der Waals surface area contributed by atoms with Crippen LogP contribution in [0, 0.1) is 0 Å². The molecule has 3 aromatic heterocycles. The summed E-state index contributed by atoms with van der Waals surface area (Å²) >= 11 is 0. The quantitative estimate of drug-likeness (QED) is 0.174. The average molecular weight is 670 g/mol. The molecule has 0 aliphatic heterocycles. The van der Waals surface area contributed by atoms with E-state index in [1.165, 1.54) is 0 Å². The lowest BCUT2D eigenvalue weighted by molar-refractivity contribution is 0.0914. The van der Waals surface area contributed by atoms with E-state index in [4.69, 9.17) is 4.74 Å². The normalized spacial score (nSPS) is 16.3. The van der Waals surface area contributed by atoms with E-state index in [9.17, 15) is 9.59 Å². The summed E-state index contributed by atoms with van der Waals surface area (Å²) in [5, 5.41) is 17.9. The van der Waals surface area contributed by atoms with E-state index in [0.29, 0.717) is 30.8 Å². The molecule has 0 spiro atoms. The van der Waals surface area contributed by atoms with Gasteiger partial charge in [-0.2, -0.15) is 0 Å². The van der Waals surface area contributed by atoms with Crippen LogP contribution in [-0.2, 0) is 5.41 Å². The molecule has 0 fully saturated rings. The van der Waals surface area contributed by atoms with Crippen molar-refractivity contribution >= 4 is 29.2 Å². The maximum atomic E-state index is 13.5. The number of anilines is 2. The SMILES string of the molecule is CCN(CC)c1nnc2ccc(O[C@@H]3CC[C@H](NC(=O)Nc4cc(C(=O)NCC(C)(C)N(C)C)nc(C(C)(C)C)c4)c4ccccc43)cn12. The summed E-state index contributed by atoms with van der Waals surface area (Å²) in [6, 6.07) is 14.8. The minimum Gasteiger partial charge on any atom is -0.484 e. The smallest absolute Gasteiger partial charge is 0.319 e. The maximum Gasteiger partial charge on any atom is 0.319 e. The first-order valence-corrected chi connectivity index (χ1v) is 17.1. The number of likely N-dealkylation sites (N-methyl/N-ethyl adjacent to an activating group) is 1. The molecule has 0 bridgehead atoms. The highest BCUT2D eigenvalue weighted by Crippen LogP contribution is 2.39. The van der Waals surface area contributed by atoms with E-state index in [0.717, 1.165) is 41.6 Å². The molecule has 5 rings (SSSR count). The van der Waals surface area contributed by atoms with Gasteiger partial charge < -0.3 is 30.5 Å². The average Bonchev–Trinajstić information content (AvgIpc) is 3.47. The second kappa shape index (κ2) is 14.4. The van der Waals surface area contributed by atoms with Crippen LogP contribution >= 0.6 is 0 Å². The molecular formula is C37H51N9O3. The third kappa shape index (κ3) is 8.13. The fraction of sp³-hybridized carbons (Fsp3) is 0.486. The van der Waals surface area contributed by atoms with Crippen LogP contribution in [0.5, 0.6) is 5.75 Å². The fourth-order valence-electron chi connectivity index (χ4n) is 5.81. The van der Waals surface area contributed by atoms with Crippen LogP contribution in [0.2, 0.25) is 0 Å². The van der Waals surface area contributed by atoms with Gasteiger partial charge in [0.25, 0.3) is 5.91 Å². The standard InChI is InChI=1S/C37H51N9O3/c1-10-45(11-2)35-43-42-32-19-16-25(22-46(32)35)49-30-18-17-28(26-14-12-13-15-27(26)30)41-34(48)39-24-20-29(40-31(21-24)36(3,4)5)33(47)38-23-37(6,7)44(8)9/h12-16,19-22,28,30H,10-11,17-18,23H2,1-9H3,(H,38,47)(H2,39,40,41,48)/t28-,30+/m0/s1. The highest BCUT2D eigenvalue weighted by molar-refractivity contribution is 5.95. The highest BCUT2D eigenvalue weighted by atomic mass is 16.5. The Balaban J connectivity index is 1.31. The molecule has 4 aromatic rings. The number of amides is 3. The lowest BCUT2D eigenvalue weighted by atomic mass is 9.85. The minimum atomic E-state index is -0.354. The summed E-state index contributed by atoms with van der Waals surface area (Å²) < 4.78 is 8.54. The molecule has 3 N–H and O–H groups in total. The third-order valence-electron chi connectivity index (χ3n) is 9.40. The molecule has 3 heterocycles. The van der Waals surface area contributed by atoms with Gasteiger partial charge in [0.15, 0.2) is 5.65 Å². The van der Waals surface area contributed by atoms with Crippen molar-refractivity contribution in [3.63, 3.8) is 0 Å². The van der Waals surface area contributed by atoms with Crippen molar-refractivity contribution in [1.82, 2.24) is 35.1 Å². The van der Waals surface area contributed by atoms with Crippen molar-refractivity contribution in [3.8, 4) is 5.75 Å². The molecule has 0 saturated heterocycles. The predicted octanol–water partition coefficient (Wildman–Crippen LogP) is 6.11.